The van der Waals surface area contributed by atoms with Crippen LogP contribution >= 0.6 is 0 Å². The summed E-state index contributed by atoms with van der Waals surface area (Å²) >= 11 is 0. The van der Waals surface area contributed by atoms with Gasteiger partial charge in [-0.2, -0.15) is 0 Å². The first-order valence-corrected chi connectivity index (χ1v) is 10.1. The molecule has 1 heterocycles. The summed E-state index contributed by atoms with van der Waals surface area (Å²) in [7, 11) is -3.01. The summed E-state index contributed by atoms with van der Waals surface area (Å²) in [5, 5.41) is 6.14. The summed E-state index contributed by atoms with van der Waals surface area (Å²) in [6, 6.07) is 16.1. The lowest BCUT2D eigenvalue weighted by Gasteiger charge is -2.22. The minimum Gasteiger partial charge on any atom is -0.324 e. The number of aryl methyl sites for hydroxylation is 1. The van der Waals surface area contributed by atoms with Crippen LogP contribution in [0.4, 0.5) is 5.69 Å². The Hall–Kier alpha value is -2.18. The molecule has 1 saturated heterocycles. The highest BCUT2D eigenvalue weighted by atomic mass is 32.2. The van der Waals surface area contributed by atoms with Gasteiger partial charge >= 0.3 is 0 Å². The molecule has 2 N–H and O–H groups in total. The van der Waals surface area contributed by atoms with Gasteiger partial charge in [-0.3, -0.25) is 10.1 Å². The molecule has 0 bridgehead atoms. The van der Waals surface area contributed by atoms with Crippen LogP contribution in [-0.2, 0) is 14.6 Å². The molecule has 25 heavy (non-hydrogen) atoms. The van der Waals surface area contributed by atoms with Crippen molar-refractivity contribution < 1.29 is 13.2 Å². The number of anilines is 1. The van der Waals surface area contributed by atoms with Gasteiger partial charge in [0.15, 0.2) is 9.84 Å². The number of rotatable bonds is 5. The number of nitrogens with one attached hydrogen (secondary N) is 2. The van der Waals surface area contributed by atoms with Gasteiger partial charge in [-0.05, 0) is 31.0 Å². The molecule has 0 aliphatic carbocycles. The van der Waals surface area contributed by atoms with Crippen LogP contribution in [0.25, 0.3) is 0 Å². The van der Waals surface area contributed by atoms with Crippen LogP contribution in [-0.4, -0.2) is 31.9 Å². The molecule has 1 amide bonds. The summed E-state index contributed by atoms with van der Waals surface area (Å²) in [6.45, 7) is 1.99. The summed E-state index contributed by atoms with van der Waals surface area (Å²) in [6.07, 6.45) is 0.531. The fourth-order valence-electron chi connectivity index (χ4n) is 2.98. The standard InChI is InChI=1S/C19H22N2O3S/c1-14-7-9-16(10-8-14)21-19(22)18(15-5-3-2-4-6-15)20-17-11-12-25(23,24)13-17/h2-10,17-18,20H,11-13H2,1H3,(H,21,22)/t17-,18-/m0/s1. The summed E-state index contributed by atoms with van der Waals surface area (Å²) in [5.74, 6) is 0.0549. The molecule has 1 fully saturated rings. The van der Waals surface area contributed by atoms with Crippen molar-refractivity contribution in [1.82, 2.24) is 5.32 Å². The minimum atomic E-state index is -3.01. The van der Waals surface area contributed by atoms with E-state index in [1.165, 1.54) is 0 Å². The predicted octanol–water partition coefficient (Wildman–Crippen LogP) is 2.45. The number of amides is 1. The quantitative estimate of drug-likeness (QED) is 0.861. The van der Waals surface area contributed by atoms with Gasteiger partial charge in [0.1, 0.15) is 6.04 Å². The van der Waals surface area contributed by atoms with Gasteiger partial charge in [0.05, 0.1) is 11.5 Å². The molecule has 6 heteroatoms. The number of benzene rings is 2. The molecule has 132 valence electrons. The van der Waals surface area contributed by atoms with Gasteiger partial charge in [-0.1, -0.05) is 48.0 Å². The third-order valence-corrected chi connectivity index (χ3v) is 6.12. The van der Waals surface area contributed by atoms with Crippen molar-refractivity contribution in [3.63, 3.8) is 0 Å². The smallest absolute Gasteiger partial charge is 0.246 e. The monoisotopic (exact) mass is 358 g/mol. The van der Waals surface area contributed by atoms with E-state index in [4.69, 9.17) is 0 Å². The van der Waals surface area contributed by atoms with Gasteiger partial charge < -0.3 is 5.32 Å². The van der Waals surface area contributed by atoms with E-state index < -0.39 is 15.9 Å². The maximum absolute atomic E-state index is 12.8. The first-order valence-electron chi connectivity index (χ1n) is 8.32. The molecule has 0 radical (unpaired) electrons. The Labute approximate surface area is 148 Å². The van der Waals surface area contributed by atoms with Crippen molar-refractivity contribution in [3.05, 3.63) is 65.7 Å². The second-order valence-electron chi connectivity index (χ2n) is 6.47. The SMILES string of the molecule is Cc1ccc(NC(=O)[C@@H](N[C@H]2CCS(=O)(=O)C2)c2ccccc2)cc1. The maximum atomic E-state index is 12.8. The zero-order valence-corrected chi connectivity index (χ0v) is 14.9. The zero-order chi connectivity index (χ0) is 17.9. The number of hydrogen-bond donors (Lipinski definition) is 2. The molecule has 1 aliphatic rings. The van der Waals surface area contributed by atoms with E-state index in [2.05, 4.69) is 10.6 Å². The number of hydrogen-bond acceptors (Lipinski definition) is 4. The van der Waals surface area contributed by atoms with Crippen molar-refractivity contribution in [1.29, 1.82) is 0 Å². The molecular formula is C19H22N2O3S. The molecular weight excluding hydrogens is 336 g/mol. The maximum Gasteiger partial charge on any atom is 0.246 e. The fourth-order valence-corrected chi connectivity index (χ4v) is 4.67. The van der Waals surface area contributed by atoms with Crippen molar-refractivity contribution in [2.45, 2.75) is 25.4 Å². The molecule has 2 aromatic rings. The molecule has 0 spiro atoms. The highest BCUT2D eigenvalue weighted by Crippen LogP contribution is 2.20. The lowest BCUT2D eigenvalue weighted by atomic mass is 10.0. The largest absolute Gasteiger partial charge is 0.324 e. The molecule has 0 unspecified atom stereocenters. The second kappa shape index (κ2) is 7.37. The highest BCUT2D eigenvalue weighted by Gasteiger charge is 2.32. The van der Waals surface area contributed by atoms with Gasteiger partial charge in [0.2, 0.25) is 5.91 Å². The van der Waals surface area contributed by atoms with Gasteiger partial charge in [-0.15, -0.1) is 0 Å². The van der Waals surface area contributed by atoms with E-state index in [0.717, 1.165) is 16.8 Å². The molecule has 5 nitrogen and oxygen atoms in total. The Morgan fingerprint density at radius 2 is 1.76 bits per heavy atom. The van der Waals surface area contributed by atoms with Crippen molar-refractivity contribution in [2.24, 2.45) is 0 Å². The summed E-state index contributed by atoms with van der Waals surface area (Å²) in [5.41, 5.74) is 2.65. The predicted molar refractivity (Wildman–Crippen MR) is 99.2 cm³/mol. The van der Waals surface area contributed by atoms with E-state index >= 15 is 0 Å². The van der Waals surface area contributed by atoms with Crippen LogP contribution in [0.5, 0.6) is 0 Å². The Bertz CT molecular complexity index is 833. The number of sulfone groups is 1. The van der Waals surface area contributed by atoms with Crippen LogP contribution in [0, 0.1) is 6.92 Å². The molecule has 0 aromatic heterocycles. The van der Waals surface area contributed by atoms with Crippen LogP contribution in [0.3, 0.4) is 0 Å². The Morgan fingerprint density at radius 3 is 2.36 bits per heavy atom. The Balaban J connectivity index is 1.78. The van der Waals surface area contributed by atoms with E-state index in [0.29, 0.717) is 6.42 Å². The second-order valence-corrected chi connectivity index (χ2v) is 8.69. The van der Waals surface area contributed by atoms with Crippen LogP contribution in [0.2, 0.25) is 0 Å². The third kappa shape index (κ3) is 4.67. The van der Waals surface area contributed by atoms with Crippen molar-refractivity contribution >= 4 is 21.4 Å². The normalized spacial score (nSPS) is 20.1. The Morgan fingerprint density at radius 1 is 1.08 bits per heavy atom. The van der Waals surface area contributed by atoms with Crippen LogP contribution < -0.4 is 10.6 Å². The highest BCUT2D eigenvalue weighted by molar-refractivity contribution is 7.91. The van der Waals surface area contributed by atoms with Crippen LogP contribution in [0.15, 0.2) is 54.6 Å². The molecule has 2 aromatic carbocycles. The topological polar surface area (TPSA) is 75.3 Å². The van der Waals surface area contributed by atoms with Gasteiger partial charge in [-0.25, -0.2) is 8.42 Å². The molecule has 3 rings (SSSR count). The zero-order valence-electron chi connectivity index (χ0n) is 14.1. The van der Waals surface area contributed by atoms with Crippen LogP contribution in [0.1, 0.15) is 23.6 Å². The number of carbonyl (C=O) groups excluding carboxylic acids is 1. The number of carbonyl (C=O) groups is 1. The fraction of sp³-hybridized carbons (Fsp3) is 0.316. The molecule has 2 atom stereocenters. The average molecular weight is 358 g/mol. The third-order valence-electron chi connectivity index (χ3n) is 4.35. The first kappa shape index (κ1) is 17.6. The van der Waals surface area contributed by atoms with E-state index in [9.17, 15) is 13.2 Å². The average Bonchev–Trinajstić information content (AvgIpc) is 2.94. The summed E-state index contributed by atoms with van der Waals surface area (Å²) in [4.78, 5) is 12.8. The lowest BCUT2D eigenvalue weighted by molar-refractivity contribution is -0.118. The van der Waals surface area contributed by atoms with Gasteiger partial charge in [0, 0.05) is 11.7 Å². The summed E-state index contributed by atoms with van der Waals surface area (Å²) < 4.78 is 23.4. The minimum absolute atomic E-state index is 0.0775. The van der Waals surface area contributed by atoms with Gasteiger partial charge in [0.25, 0.3) is 0 Å². The van der Waals surface area contributed by atoms with E-state index in [1.54, 1.807) is 0 Å². The molecule has 0 saturated carbocycles. The first-order chi connectivity index (χ1) is 11.9. The molecule has 1 aliphatic heterocycles. The van der Waals surface area contributed by atoms with Crippen molar-refractivity contribution in [2.75, 3.05) is 16.8 Å². The van der Waals surface area contributed by atoms with Crippen molar-refractivity contribution in [3.8, 4) is 0 Å². The lowest BCUT2D eigenvalue weighted by Crippen LogP contribution is -2.40. The van der Waals surface area contributed by atoms with E-state index in [-0.39, 0.29) is 23.5 Å². The Kier molecular flexibility index (Phi) is 5.20. The van der Waals surface area contributed by atoms with E-state index in [1.807, 2.05) is 61.5 Å².